The van der Waals surface area contributed by atoms with E-state index in [2.05, 4.69) is 14.9 Å². The van der Waals surface area contributed by atoms with Crippen LogP contribution in [-0.4, -0.2) is 31.4 Å². The lowest BCUT2D eigenvalue weighted by Gasteiger charge is -2.28. The molecule has 1 fully saturated rings. The van der Waals surface area contributed by atoms with Crippen LogP contribution in [0.5, 0.6) is 0 Å². The fourth-order valence-corrected chi connectivity index (χ4v) is 4.51. The number of nitrogens with one attached hydrogen (secondary N) is 1. The monoisotopic (exact) mass is 391 g/mol. The summed E-state index contributed by atoms with van der Waals surface area (Å²) in [4.78, 5) is 19.9. The number of hydrogen-bond donors (Lipinski definition) is 1. The van der Waals surface area contributed by atoms with Crippen LogP contribution < -0.4 is 0 Å². The molecule has 1 saturated carbocycles. The number of rotatable bonds is 4. The van der Waals surface area contributed by atoms with Gasteiger partial charge in [0, 0.05) is 42.9 Å². The number of benzene rings is 1. The SMILES string of the molecule is Fc1ccc(-c2cnc(CN3CCc4nc(C5CCCCC5)ncc4C3)[nH]2)cc1. The van der Waals surface area contributed by atoms with Gasteiger partial charge in [-0.3, -0.25) is 4.90 Å². The number of nitrogens with zero attached hydrogens (tertiary/aromatic N) is 4. The number of halogens is 1. The summed E-state index contributed by atoms with van der Waals surface area (Å²) in [6, 6.07) is 6.48. The van der Waals surface area contributed by atoms with Crippen LogP contribution in [0.15, 0.2) is 36.7 Å². The third kappa shape index (κ3) is 4.08. The molecule has 1 aromatic carbocycles. The second-order valence-corrected chi connectivity index (χ2v) is 8.25. The smallest absolute Gasteiger partial charge is 0.131 e. The minimum absolute atomic E-state index is 0.227. The van der Waals surface area contributed by atoms with Crippen molar-refractivity contribution in [1.82, 2.24) is 24.8 Å². The maximum Gasteiger partial charge on any atom is 0.131 e. The first-order valence-corrected chi connectivity index (χ1v) is 10.6. The topological polar surface area (TPSA) is 57.7 Å². The minimum atomic E-state index is -0.227. The average molecular weight is 391 g/mol. The standard InChI is InChI=1S/C23H26FN5/c24-19-8-6-16(7-9-19)21-13-25-22(27-21)15-29-11-10-20-18(14-29)12-26-23(28-20)17-4-2-1-3-5-17/h6-9,12-13,17H,1-5,10-11,14-15H2,(H,25,27). The van der Waals surface area contributed by atoms with Crippen LogP contribution in [0.2, 0.25) is 0 Å². The summed E-state index contributed by atoms with van der Waals surface area (Å²) in [6.07, 6.45) is 11.3. The Hall–Kier alpha value is -2.60. The molecule has 5 rings (SSSR count). The van der Waals surface area contributed by atoms with E-state index in [4.69, 9.17) is 9.97 Å². The maximum absolute atomic E-state index is 13.1. The van der Waals surface area contributed by atoms with Crippen molar-refractivity contribution >= 4 is 0 Å². The highest BCUT2D eigenvalue weighted by atomic mass is 19.1. The number of fused-ring (bicyclic) bond motifs is 1. The molecule has 0 bridgehead atoms. The van der Waals surface area contributed by atoms with E-state index in [-0.39, 0.29) is 5.82 Å². The quantitative estimate of drug-likeness (QED) is 0.705. The van der Waals surface area contributed by atoms with Crippen LogP contribution in [0.4, 0.5) is 4.39 Å². The first kappa shape index (κ1) is 18.4. The summed E-state index contributed by atoms with van der Waals surface area (Å²) in [7, 11) is 0. The lowest BCUT2D eigenvalue weighted by molar-refractivity contribution is 0.237. The van der Waals surface area contributed by atoms with Crippen molar-refractivity contribution in [2.75, 3.05) is 6.54 Å². The van der Waals surface area contributed by atoms with Crippen molar-refractivity contribution < 1.29 is 4.39 Å². The number of H-pyrrole nitrogens is 1. The lowest BCUT2D eigenvalue weighted by Crippen LogP contribution is -2.31. The van der Waals surface area contributed by atoms with Crippen molar-refractivity contribution in [3.8, 4) is 11.3 Å². The zero-order chi connectivity index (χ0) is 19.6. The number of hydrogen-bond acceptors (Lipinski definition) is 4. The molecule has 0 spiro atoms. The van der Waals surface area contributed by atoms with Gasteiger partial charge in [0.25, 0.3) is 0 Å². The maximum atomic E-state index is 13.1. The van der Waals surface area contributed by atoms with E-state index in [9.17, 15) is 4.39 Å². The van der Waals surface area contributed by atoms with E-state index < -0.39 is 0 Å². The van der Waals surface area contributed by atoms with Crippen LogP contribution in [0.1, 0.15) is 60.9 Å². The highest BCUT2D eigenvalue weighted by Gasteiger charge is 2.23. The molecule has 1 aliphatic heterocycles. The van der Waals surface area contributed by atoms with E-state index in [1.807, 2.05) is 12.4 Å². The Balaban J connectivity index is 1.25. The molecule has 6 heteroatoms. The van der Waals surface area contributed by atoms with Crippen molar-refractivity contribution in [2.24, 2.45) is 0 Å². The van der Waals surface area contributed by atoms with Crippen LogP contribution in [0, 0.1) is 5.82 Å². The largest absolute Gasteiger partial charge is 0.341 e. The van der Waals surface area contributed by atoms with Crippen molar-refractivity contribution in [1.29, 1.82) is 0 Å². The molecule has 1 aliphatic carbocycles. The zero-order valence-corrected chi connectivity index (χ0v) is 16.6. The number of aromatic nitrogens is 4. The van der Waals surface area contributed by atoms with Gasteiger partial charge in [0.05, 0.1) is 18.4 Å². The number of imidazole rings is 1. The molecule has 0 radical (unpaired) electrons. The summed E-state index contributed by atoms with van der Waals surface area (Å²) in [5, 5.41) is 0. The highest BCUT2D eigenvalue weighted by molar-refractivity contribution is 5.58. The zero-order valence-electron chi connectivity index (χ0n) is 16.6. The van der Waals surface area contributed by atoms with Crippen molar-refractivity contribution in [3.05, 3.63) is 65.4 Å². The Morgan fingerprint density at radius 2 is 1.86 bits per heavy atom. The van der Waals surface area contributed by atoms with Gasteiger partial charge >= 0.3 is 0 Å². The molecule has 0 unspecified atom stereocenters. The Labute approximate surface area is 170 Å². The molecule has 0 amide bonds. The van der Waals surface area contributed by atoms with Gasteiger partial charge in [-0.2, -0.15) is 0 Å². The minimum Gasteiger partial charge on any atom is -0.341 e. The molecule has 150 valence electrons. The van der Waals surface area contributed by atoms with Crippen molar-refractivity contribution in [3.63, 3.8) is 0 Å². The van der Waals surface area contributed by atoms with Gasteiger partial charge < -0.3 is 4.98 Å². The summed E-state index contributed by atoms with van der Waals surface area (Å²) in [6.45, 7) is 2.58. The van der Waals surface area contributed by atoms with Gasteiger partial charge in [-0.05, 0) is 42.7 Å². The van der Waals surface area contributed by atoms with Gasteiger partial charge in [0.1, 0.15) is 17.5 Å². The van der Waals surface area contributed by atoms with Crippen LogP contribution >= 0.6 is 0 Å². The second-order valence-electron chi connectivity index (χ2n) is 8.25. The van der Waals surface area contributed by atoms with Crippen LogP contribution in [0.3, 0.4) is 0 Å². The van der Waals surface area contributed by atoms with E-state index in [0.717, 1.165) is 49.0 Å². The molecule has 2 aromatic heterocycles. The molecular formula is C23H26FN5. The van der Waals surface area contributed by atoms with E-state index in [1.165, 1.54) is 55.5 Å². The molecule has 0 atom stereocenters. The molecule has 2 aliphatic rings. The molecule has 0 saturated heterocycles. The fraction of sp³-hybridized carbons (Fsp3) is 0.435. The Morgan fingerprint density at radius 1 is 1.03 bits per heavy atom. The molecule has 29 heavy (non-hydrogen) atoms. The van der Waals surface area contributed by atoms with Crippen molar-refractivity contribution in [2.45, 2.75) is 57.5 Å². The summed E-state index contributed by atoms with van der Waals surface area (Å²) >= 11 is 0. The normalized spacial score (nSPS) is 18.0. The van der Waals surface area contributed by atoms with Gasteiger partial charge in [-0.1, -0.05) is 19.3 Å². The summed E-state index contributed by atoms with van der Waals surface area (Å²) in [5.74, 6) is 2.31. The van der Waals surface area contributed by atoms with Gasteiger partial charge in [-0.25, -0.2) is 19.3 Å². The van der Waals surface area contributed by atoms with Gasteiger partial charge in [-0.15, -0.1) is 0 Å². The molecule has 5 nitrogen and oxygen atoms in total. The first-order valence-electron chi connectivity index (χ1n) is 10.6. The molecule has 1 N–H and O–H groups in total. The molecule has 3 aromatic rings. The second kappa shape index (κ2) is 8.03. The van der Waals surface area contributed by atoms with E-state index in [1.54, 1.807) is 12.1 Å². The lowest BCUT2D eigenvalue weighted by atomic mass is 9.88. The van der Waals surface area contributed by atoms with Crippen LogP contribution in [0.25, 0.3) is 11.3 Å². The Kier molecular flexibility index (Phi) is 5.10. The van der Waals surface area contributed by atoms with Crippen LogP contribution in [-0.2, 0) is 19.5 Å². The number of aromatic amines is 1. The third-order valence-corrected chi connectivity index (χ3v) is 6.16. The average Bonchev–Trinajstić information content (AvgIpc) is 3.23. The van der Waals surface area contributed by atoms with Gasteiger partial charge in [0.2, 0.25) is 0 Å². The molecular weight excluding hydrogens is 365 g/mol. The Bertz CT molecular complexity index is 975. The predicted molar refractivity (Wildman–Crippen MR) is 110 cm³/mol. The van der Waals surface area contributed by atoms with Gasteiger partial charge in [0.15, 0.2) is 0 Å². The highest BCUT2D eigenvalue weighted by Crippen LogP contribution is 2.31. The fourth-order valence-electron chi connectivity index (χ4n) is 4.51. The third-order valence-electron chi connectivity index (χ3n) is 6.16. The first-order chi connectivity index (χ1) is 14.2. The summed E-state index contributed by atoms with van der Waals surface area (Å²) in [5.41, 5.74) is 4.32. The predicted octanol–water partition coefficient (Wildman–Crippen LogP) is 4.61. The summed E-state index contributed by atoms with van der Waals surface area (Å²) < 4.78 is 13.1. The van der Waals surface area contributed by atoms with E-state index >= 15 is 0 Å². The molecule has 3 heterocycles. The Morgan fingerprint density at radius 3 is 2.69 bits per heavy atom. The van der Waals surface area contributed by atoms with E-state index in [0.29, 0.717) is 5.92 Å².